The van der Waals surface area contributed by atoms with E-state index in [4.69, 9.17) is 11.6 Å². The average Bonchev–Trinajstić information content (AvgIpc) is 3.24. The van der Waals surface area contributed by atoms with Crippen molar-refractivity contribution in [3.05, 3.63) is 75.9 Å². The fraction of sp³-hybridized carbons (Fsp3) is 0.296. The number of aromatic nitrogens is 3. The molecule has 3 heterocycles. The monoisotopic (exact) mass is 518 g/mol. The van der Waals surface area contributed by atoms with Gasteiger partial charge in [0.25, 0.3) is 5.91 Å². The molecule has 8 nitrogen and oxygen atoms in total. The van der Waals surface area contributed by atoms with Crippen LogP contribution >= 0.6 is 11.6 Å². The molecular weight excluding hydrogens is 495 g/mol. The number of rotatable bonds is 4. The fourth-order valence-corrected chi connectivity index (χ4v) is 4.40. The van der Waals surface area contributed by atoms with Crippen LogP contribution in [0.2, 0.25) is 5.02 Å². The van der Waals surface area contributed by atoms with Crippen LogP contribution in [0, 0.1) is 41.3 Å². The minimum atomic E-state index is -0.769. The van der Waals surface area contributed by atoms with Crippen LogP contribution < -0.4 is 5.32 Å². The molecule has 0 bridgehead atoms. The van der Waals surface area contributed by atoms with Crippen molar-refractivity contribution in [1.29, 1.82) is 5.26 Å². The van der Waals surface area contributed by atoms with Crippen LogP contribution in [0.3, 0.4) is 0 Å². The zero-order chi connectivity index (χ0) is 26.6. The lowest BCUT2D eigenvalue weighted by atomic mass is 9.79. The third kappa shape index (κ3) is 5.96. The molecule has 1 saturated heterocycles. The Morgan fingerprint density at radius 1 is 1.16 bits per heavy atom. The third-order valence-corrected chi connectivity index (χ3v) is 6.65. The normalized spacial score (nSPS) is 14.3. The first-order valence-corrected chi connectivity index (χ1v) is 12.0. The van der Waals surface area contributed by atoms with Gasteiger partial charge in [-0.15, -0.1) is 0 Å². The first kappa shape index (κ1) is 25.9. The highest BCUT2D eigenvalue weighted by Crippen LogP contribution is 2.34. The summed E-state index contributed by atoms with van der Waals surface area (Å²) < 4.78 is 14.5. The lowest BCUT2D eigenvalue weighted by molar-refractivity contribution is -0.130. The van der Waals surface area contributed by atoms with Gasteiger partial charge in [-0.05, 0) is 55.7 Å². The van der Waals surface area contributed by atoms with Crippen LogP contribution in [0.5, 0.6) is 0 Å². The average molecular weight is 519 g/mol. The van der Waals surface area contributed by atoms with E-state index in [1.54, 1.807) is 30.0 Å². The number of hydrogen-bond donors (Lipinski definition) is 1. The molecule has 0 spiro atoms. The second-order valence-electron chi connectivity index (χ2n) is 9.00. The molecule has 188 valence electrons. The van der Waals surface area contributed by atoms with Crippen molar-refractivity contribution in [2.45, 2.75) is 33.2 Å². The maximum absolute atomic E-state index is 13.2. The molecule has 2 amide bonds. The molecule has 0 atom stereocenters. The summed E-state index contributed by atoms with van der Waals surface area (Å²) in [5.41, 5.74) is 1.35. The van der Waals surface area contributed by atoms with E-state index in [2.05, 4.69) is 33.3 Å². The largest absolute Gasteiger partial charge is 0.343 e. The first-order chi connectivity index (χ1) is 17.7. The van der Waals surface area contributed by atoms with Gasteiger partial charge in [0.15, 0.2) is 0 Å². The number of anilines is 1. The van der Waals surface area contributed by atoms with Crippen molar-refractivity contribution in [3.63, 3.8) is 0 Å². The number of carbonyl (C=O) groups excluding carboxylic acids is 2. The molecule has 0 aliphatic carbocycles. The summed E-state index contributed by atoms with van der Waals surface area (Å²) in [4.78, 5) is 30.9. The minimum Gasteiger partial charge on any atom is -0.343 e. The summed E-state index contributed by atoms with van der Waals surface area (Å²) in [6, 6.07) is 10.0. The number of pyridine rings is 1. The van der Waals surface area contributed by atoms with Crippen molar-refractivity contribution in [3.8, 4) is 17.9 Å². The van der Waals surface area contributed by atoms with E-state index in [-0.39, 0.29) is 29.0 Å². The molecule has 0 unspecified atom stereocenters. The molecule has 37 heavy (non-hydrogen) atoms. The Bertz CT molecular complexity index is 1440. The highest BCUT2D eigenvalue weighted by atomic mass is 35.5. The van der Waals surface area contributed by atoms with Gasteiger partial charge in [0.05, 0.1) is 29.2 Å². The zero-order valence-electron chi connectivity index (χ0n) is 20.4. The number of carbonyl (C=O) groups is 2. The van der Waals surface area contributed by atoms with E-state index in [0.29, 0.717) is 48.4 Å². The quantitative estimate of drug-likeness (QED) is 0.522. The van der Waals surface area contributed by atoms with Crippen LogP contribution in [-0.2, 0) is 11.3 Å². The second kappa shape index (κ2) is 10.8. The number of amides is 2. The molecule has 1 aromatic carbocycles. The number of likely N-dealkylation sites (tertiary alicyclic amines) is 1. The predicted octanol–water partition coefficient (Wildman–Crippen LogP) is 4.18. The van der Waals surface area contributed by atoms with Gasteiger partial charge in [0.2, 0.25) is 5.91 Å². The van der Waals surface area contributed by atoms with Crippen LogP contribution in [0.4, 0.5) is 10.2 Å². The number of aryl methyl sites for hydroxylation is 1. The fourth-order valence-electron chi connectivity index (χ4n) is 4.17. The van der Waals surface area contributed by atoms with Gasteiger partial charge >= 0.3 is 0 Å². The van der Waals surface area contributed by atoms with E-state index in [0.717, 1.165) is 0 Å². The molecule has 0 saturated carbocycles. The second-order valence-corrected chi connectivity index (χ2v) is 9.40. The maximum Gasteiger partial charge on any atom is 0.276 e. The topological polar surface area (TPSA) is 104 Å². The van der Waals surface area contributed by atoms with Crippen molar-refractivity contribution >= 4 is 29.2 Å². The van der Waals surface area contributed by atoms with Crippen LogP contribution in [-0.4, -0.2) is 44.6 Å². The smallest absolute Gasteiger partial charge is 0.276 e. The summed E-state index contributed by atoms with van der Waals surface area (Å²) in [7, 11) is 0. The number of benzene rings is 1. The molecule has 2 aromatic heterocycles. The predicted molar refractivity (Wildman–Crippen MR) is 136 cm³/mol. The summed E-state index contributed by atoms with van der Waals surface area (Å²) in [6.07, 6.45) is 3.86. The molecule has 4 rings (SSSR count). The minimum absolute atomic E-state index is 0.0240. The summed E-state index contributed by atoms with van der Waals surface area (Å²) in [5.74, 6) is 5.41. The standard InChI is InChI=1S/C27H24ClFN6O2/c1-18-13-21(4-3-20-5-7-22(29)8-6-20)14-31-25(18)33-26(37)24-23(28)15-32-35(24)17-27(16-30)9-11-34(12-10-27)19(2)36/h5-8,13-15H,9-12,17H2,1-2H3,(H,31,33,37). The van der Waals surface area contributed by atoms with Crippen molar-refractivity contribution in [2.75, 3.05) is 18.4 Å². The summed E-state index contributed by atoms with van der Waals surface area (Å²) in [6.45, 7) is 4.42. The molecule has 1 N–H and O–H groups in total. The first-order valence-electron chi connectivity index (χ1n) is 11.6. The zero-order valence-corrected chi connectivity index (χ0v) is 21.1. The van der Waals surface area contributed by atoms with Crippen LogP contribution in [0.1, 0.15) is 46.9 Å². The van der Waals surface area contributed by atoms with E-state index >= 15 is 0 Å². The van der Waals surface area contributed by atoms with Crippen molar-refractivity contribution in [2.24, 2.45) is 5.41 Å². The number of halogens is 2. The Kier molecular flexibility index (Phi) is 7.56. The van der Waals surface area contributed by atoms with Crippen molar-refractivity contribution in [1.82, 2.24) is 19.7 Å². The Morgan fingerprint density at radius 2 is 1.84 bits per heavy atom. The SMILES string of the molecule is CC(=O)N1CCC(C#N)(Cn2ncc(Cl)c2C(=O)Nc2ncc(C#Cc3ccc(F)cc3)cc2C)CC1. The highest BCUT2D eigenvalue weighted by Gasteiger charge is 2.37. The van der Waals surface area contributed by atoms with Gasteiger partial charge in [-0.1, -0.05) is 23.4 Å². The number of nitrogens with zero attached hydrogens (tertiary/aromatic N) is 5. The van der Waals surface area contributed by atoms with Crippen LogP contribution in [0.15, 0.2) is 42.7 Å². The molecule has 10 heteroatoms. The number of nitrogens with one attached hydrogen (secondary N) is 1. The van der Waals surface area contributed by atoms with Gasteiger partial charge in [-0.3, -0.25) is 14.3 Å². The highest BCUT2D eigenvalue weighted by molar-refractivity contribution is 6.34. The Balaban J connectivity index is 1.49. The number of nitriles is 1. The van der Waals surface area contributed by atoms with E-state index in [1.165, 1.54) is 36.1 Å². The number of hydrogen-bond acceptors (Lipinski definition) is 5. The Morgan fingerprint density at radius 3 is 2.46 bits per heavy atom. The van der Waals surface area contributed by atoms with Gasteiger partial charge < -0.3 is 10.2 Å². The van der Waals surface area contributed by atoms with Gasteiger partial charge in [0.1, 0.15) is 17.3 Å². The lowest BCUT2D eigenvalue weighted by Gasteiger charge is -2.36. The van der Waals surface area contributed by atoms with Gasteiger partial charge in [-0.25, -0.2) is 9.37 Å². The van der Waals surface area contributed by atoms with Crippen LogP contribution in [0.25, 0.3) is 0 Å². The van der Waals surface area contributed by atoms with Crippen molar-refractivity contribution < 1.29 is 14.0 Å². The molecule has 1 aliphatic heterocycles. The summed E-state index contributed by atoms with van der Waals surface area (Å²) >= 11 is 6.31. The maximum atomic E-state index is 13.2. The molecule has 1 aliphatic rings. The van der Waals surface area contributed by atoms with Gasteiger partial charge in [-0.2, -0.15) is 10.4 Å². The molecule has 1 fully saturated rings. The van der Waals surface area contributed by atoms with E-state index < -0.39 is 11.3 Å². The van der Waals surface area contributed by atoms with E-state index in [1.807, 2.05) is 0 Å². The molecule has 0 radical (unpaired) electrons. The van der Waals surface area contributed by atoms with E-state index in [9.17, 15) is 19.2 Å². The lowest BCUT2D eigenvalue weighted by Crippen LogP contribution is -2.43. The number of piperidine rings is 1. The Labute approximate surface area is 219 Å². The molecule has 3 aromatic rings. The summed E-state index contributed by atoms with van der Waals surface area (Å²) in [5, 5.41) is 17.1. The van der Waals surface area contributed by atoms with Gasteiger partial charge in [0, 0.05) is 37.3 Å². The Hall–Kier alpha value is -4.21. The molecular formula is C27H24ClFN6O2. The third-order valence-electron chi connectivity index (χ3n) is 6.37.